The first-order valence-electron chi connectivity index (χ1n) is 6.38. The molecule has 96 valence electrons. The maximum atomic E-state index is 9.75. The van der Waals surface area contributed by atoms with Gasteiger partial charge in [0.05, 0.1) is 18.9 Å². The van der Waals surface area contributed by atoms with Crippen molar-refractivity contribution in [1.82, 2.24) is 4.98 Å². The molecule has 1 aromatic rings. The molecule has 3 heteroatoms. The average molecular weight is 237 g/mol. The third-order valence-corrected chi connectivity index (χ3v) is 2.74. The zero-order valence-electron chi connectivity index (χ0n) is 11.0. The highest BCUT2D eigenvalue weighted by Gasteiger charge is 2.09. The van der Waals surface area contributed by atoms with Crippen molar-refractivity contribution in [3.05, 3.63) is 24.0 Å². The maximum Gasteiger partial charge on any atom is 0.137 e. The molecule has 0 aromatic carbocycles. The van der Waals surface area contributed by atoms with Gasteiger partial charge in [-0.15, -0.1) is 0 Å². The lowest BCUT2D eigenvalue weighted by Crippen LogP contribution is -2.15. The van der Waals surface area contributed by atoms with Crippen LogP contribution in [0.2, 0.25) is 0 Å². The topological polar surface area (TPSA) is 42.4 Å². The number of pyridine rings is 1. The number of aryl methyl sites for hydroxylation is 1. The third-order valence-electron chi connectivity index (χ3n) is 2.74. The highest BCUT2D eigenvalue weighted by Crippen LogP contribution is 2.15. The van der Waals surface area contributed by atoms with Gasteiger partial charge in [-0.2, -0.15) is 0 Å². The number of rotatable bonds is 7. The summed E-state index contributed by atoms with van der Waals surface area (Å²) < 4.78 is 5.53. The van der Waals surface area contributed by atoms with Gasteiger partial charge < -0.3 is 9.84 Å². The molecule has 0 aliphatic heterocycles. The molecule has 1 rings (SSSR count). The Morgan fingerprint density at radius 3 is 2.76 bits per heavy atom. The van der Waals surface area contributed by atoms with E-state index in [1.807, 2.05) is 26.1 Å². The number of ether oxygens (including phenoxy) is 1. The monoisotopic (exact) mass is 237 g/mol. The minimum absolute atomic E-state index is 0.241. The van der Waals surface area contributed by atoms with E-state index in [9.17, 15) is 5.11 Å². The quantitative estimate of drug-likeness (QED) is 0.793. The molecule has 1 N–H and O–H groups in total. The van der Waals surface area contributed by atoms with E-state index >= 15 is 0 Å². The van der Waals surface area contributed by atoms with Gasteiger partial charge in [0, 0.05) is 6.20 Å². The van der Waals surface area contributed by atoms with Gasteiger partial charge in [0.1, 0.15) is 5.75 Å². The summed E-state index contributed by atoms with van der Waals surface area (Å²) in [4.78, 5) is 4.15. The highest BCUT2D eigenvalue weighted by atomic mass is 16.5. The molecule has 1 unspecified atom stereocenters. The minimum Gasteiger partial charge on any atom is -0.492 e. The van der Waals surface area contributed by atoms with Gasteiger partial charge in [-0.25, -0.2) is 0 Å². The zero-order chi connectivity index (χ0) is 12.7. The first kappa shape index (κ1) is 14.0. The van der Waals surface area contributed by atoms with E-state index in [-0.39, 0.29) is 6.10 Å². The second-order valence-electron chi connectivity index (χ2n) is 4.73. The van der Waals surface area contributed by atoms with Crippen molar-refractivity contribution in [2.45, 2.75) is 46.1 Å². The molecule has 0 amide bonds. The first-order valence-corrected chi connectivity index (χ1v) is 6.38. The van der Waals surface area contributed by atoms with E-state index < -0.39 is 0 Å². The van der Waals surface area contributed by atoms with Gasteiger partial charge in [-0.05, 0) is 36.8 Å². The number of hydrogen-bond acceptors (Lipinski definition) is 3. The molecule has 0 aliphatic carbocycles. The predicted molar refractivity (Wildman–Crippen MR) is 69.2 cm³/mol. The molecule has 3 nitrogen and oxygen atoms in total. The molecule has 0 spiro atoms. The van der Waals surface area contributed by atoms with Crippen LogP contribution in [0.5, 0.6) is 5.75 Å². The summed E-state index contributed by atoms with van der Waals surface area (Å²) >= 11 is 0. The van der Waals surface area contributed by atoms with Crippen LogP contribution in [0.25, 0.3) is 0 Å². The van der Waals surface area contributed by atoms with Crippen molar-refractivity contribution in [2.24, 2.45) is 5.92 Å². The molecule has 0 radical (unpaired) electrons. The Kier molecular flexibility index (Phi) is 5.98. The Balaban J connectivity index is 2.48. The molecule has 0 bridgehead atoms. The maximum absolute atomic E-state index is 9.75. The van der Waals surface area contributed by atoms with E-state index in [1.54, 1.807) is 6.20 Å². The SMILES string of the molecule is CCCOc1cncc(CCC(O)C(C)C)c1. The van der Waals surface area contributed by atoms with Crippen molar-refractivity contribution in [3.63, 3.8) is 0 Å². The summed E-state index contributed by atoms with van der Waals surface area (Å²) in [6, 6.07) is 2.01. The van der Waals surface area contributed by atoms with Crippen LogP contribution < -0.4 is 4.74 Å². The van der Waals surface area contributed by atoms with Crippen LogP contribution in [0.3, 0.4) is 0 Å². The van der Waals surface area contributed by atoms with E-state index in [1.165, 1.54) is 0 Å². The van der Waals surface area contributed by atoms with Gasteiger partial charge in [0.2, 0.25) is 0 Å². The van der Waals surface area contributed by atoms with Gasteiger partial charge in [0.25, 0.3) is 0 Å². The second-order valence-corrected chi connectivity index (χ2v) is 4.73. The molecule has 0 saturated heterocycles. The summed E-state index contributed by atoms with van der Waals surface area (Å²) in [6.45, 7) is 6.86. The van der Waals surface area contributed by atoms with Crippen LogP contribution in [0.1, 0.15) is 39.2 Å². The van der Waals surface area contributed by atoms with E-state index in [2.05, 4.69) is 11.9 Å². The van der Waals surface area contributed by atoms with Gasteiger partial charge in [-0.1, -0.05) is 20.8 Å². The lowest BCUT2D eigenvalue weighted by molar-refractivity contribution is 0.116. The van der Waals surface area contributed by atoms with Crippen LogP contribution in [-0.4, -0.2) is 22.8 Å². The molecular formula is C14H23NO2. The minimum atomic E-state index is -0.241. The highest BCUT2D eigenvalue weighted by molar-refractivity contribution is 5.23. The molecule has 1 aromatic heterocycles. The summed E-state index contributed by atoms with van der Waals surface area (Å²) in [5.74, 6) is 1.13. The molecule has 17 heavy (non-hydrogen) atoms. The van der Waals surface area contributed by atoms with Gasteiger partial charge in [-0.3, -0.25) is 4.98 Å². The Hall–Kier alpha value is -1.09. The number of aromatic nitrogens is 1. The molecule has 0 saturated carbocycles. The van der Waals surface area contributed by atoms with Crippen molar-refractivity contribution in [3.8, 4) is 5.75 Å². The Morgan fingerprint density at radius 2 is 2.12 bits per heavy atom. The van der Waals surface area contributed by atoms with Crippen molar-refractivity contribution < 1.29 is 9.84 Å². The summed E-state index contributed by atoms with van der Waals surface area (Å²) in [5, 5.41) is 9.75. The van der Waals surface area contributed by atoms with Crippen molar-refractivity contribution >= 4 is 0 Å². The standard InChI is InChI=1S/C14H23NO2/c1-4-7-17-13-8-12(9-15-10-13)5-6-14(16)11(2)3/h8-11,14,16H,4-7H2,1-3H3. The van der Waals surface area contributed by atoms with Crippen LogP contribution in [0.15, 0.2) is 18.5 Å². The van der Waals surface area contributed by atoms with E-state index in [0.29, 0.717) is 5.92 Å². The van der Waals surface area contributed by atoms with Gasteiger partial charge in [0.15, 0.2) is 0 Å². The van der Waals surface area contributed by atoms with Gasteiger partial charge >= 0.3 is 0 Å². The molecule has 1 heterocycles. The number of nitrogens with zero attached hydrogens (tertiary/aromatic N) is 1. The van der Waals surface area contributed by atoms with E-state index in [4.69, 9.17) is 4.74 Å². The van der Waals surface area contributed by atoms with Crippen molar-refractivity contribution in [1.29, 1.82) is 0 Å². The molecule has 0 fully saturated rings. The summed E-state index contributed by atoms with van der Waals surface area (Å²) in [6.07, 6.45) is 5.95. The van der Waals surface area contributed by atoms with Crippen LogP contribution in [0.4, 0.5) is 0 Å². The fraction of sp³-hybridized carbons (Fsp3) is 0.643. The van der Waals surface area contributed by atoms with Crippen LogP contribution >= 0.6 is 0 Å². The zero-order valence-corrected chi connectivity index (χ0v) is 11.0. The first-order chi connectivity index (χ1) is 8.13. The Bertz CT molecular complexity index is 326. The van der Waals surface area contributed by atoms with Crippen LogP contribution in [0, 0.1) is 5.92 Å². The Labute approximate surface area is 104 Å². The lowest BCUT2D eigenvalue weighted by atomic mass is 10.0. The Morgan fingerprint density at radius 1 is 1.35 bits per heavy atom. The fourth-order valence-corrected chi connectivity index (χ4v) is 1.55. The molecule has 1 atom stereocenters. The number of aliphatic hydroxyl groups is 1. The second kappa shape index (κ2) is 7.28. The smallest absolute Gasteiger partial charge is 0.137 e. The largest absolute Gasteiger partial charge is 0.492 e. The normalized spacial score (nSPS) is 12.8. The van der Waals surface area contributed by atoms with Crippen LogP contribution in [-0.2, 0) is 6.42 Å². The predicted octanol–water partition coefficient (Wildman–Crippen LogP) is 2.82. The molecular weight excluding hydrogens is 214 g/mol. The third kappa shape index (κ3) is 5.18. The van der Waals surface area contributed by atoms with E-state index in [0.717, 1.165) is 37.2 Å². The molecule has 0 aliphatic rings. The summed E-state index contributed by atoms with van der Waals surface area (Å²) in [7, 11) is 0. The number of aliphatic hydroxyl groups excluding tert-OH is 1. The number of hydrogen-bond donors (Lipinski definition) is 1. The fourth-order valence-electron chi connectivity index (χ4n) is 1.55. The lowest BCUT2D eigenvalue weighted by Gasteiger charge is -2.14. The summed E-state index contributed by atoms with van der Waals surface area (Å²) in [5.41, 5.74) is 1.12. The average Bonchev–Trinajstić information content (AvgIpc) is 2.33. The van der Waals surface area contributed by atoms with Crippen molar-refractivity contribution in [2.75, 3.05) is 6.61 Å².